The summed E-state index contributed by atoms with van der Waals surface area (Å²) in [5.74, 6) is 4.05. The second-order valence-corrected chi connectivity index (χ2v) is 24.3. The second-order valence-electron chi connectivity index (χ2n) is 22.1. The van der Waals surface area contributed by atoms with Crippen LogP contribution in [0.3, 0.4) is 0 Å². The van der Waals surface area contributed by atoms with E-state index in [1.54, 1.807) is 22.7 Å². The Morgan fingerprint density at radius 2 is 0.500 bits per heavy atom. The Labute approximate surface area is 505 Å². The molecule has 2 unspecified atom stereocenters. The molecule has 8 heteroatoms. The van der Waals surface area contributed by atoms with E-state index >= 15 is 0 Å². The summed E-state index contributed by atoms with van der Waals surface area (Å²) >= 11 is 3.60. The molecule has 2 atom stereocenters. The zero-order valence-electron chi connectivity index (χ0n) is 46.2. The highest BCUT2D eigenvalue weighted by molar-refractivity contribution is 7.22. The Morgan fingerprint density at radius 1 is 0.198 bits per heavy atom. The van der Waals surface area contributed by atoms with Crippen molar-refractivity contribution in [1.82, 2.24) is 29.9 Å². The van der Waals surface area contributed by atoms with Crippen molar-refractivity contribution in [2.75, 3.05) is 0 Å². The molecule has 0 N–H and O–H groups in total. The molecule has 86 heavy (non-hydrogen) atoms. The Morgan fingerprint density at radius 3 is 0.907 bits per heavy atom. The summed E-state index contributed by atoms with van der Waals surface area (Å²) in [6.07, 6.45) is 0. The van der Waals surface area contributed by atoms with Gasteiger partial charge in [-0.3, -0.25) is 0 Å². The highest BCUT2D eigenvalue weighted by atomic mass is 32.1. The third-order valence-corrected chi connectivity index (χ3v) is 19.3. The predicted molar refractivity (Wildman–Crippen MR) is 353 cm³/mol. The van der Waals surface area contributed by atoms with Gasteiger partial charge < -0.3 is 0 Å². The Bertz CT molecular complexity index is 4740. The summed E-state index contributed by atoms with van der Waals surface area (Å²) in [6.45, 7) is 0. The molecular weight excluding hydrogens is 1090 g/mol. The van der Waals surface area contributed by atoms with Gasteiger partial charge in [-0.1, -0.05) is 231 Å². The zero-order chi connectivity index (χ0) is 56.7. The van der Waals surface area contributed by atoms with Gasteiger partial charge in [-0.15, -0.1) is 22.7 Å². The molecule has 0 radical (unpaired) electrons. The van der Waals surface area contributed by atoms with Gasteiger partial charge in [0.15, 0.2) is 34.9 Å². The normalized spacial score (nSPS) is 13.8. The summed E-state index contributed by atoms with van der Waals surface area (Å²) in [4.78, 5) is 33.1. The molecule has 4 aromatic heterocycles. The fourth-order valence-electron chi connectivity index (χ4n) is 12.8. The second kappa shape index (κ2) is 20.6. The molecule has 15 aromatic rings. The molecule has 0 aliphatic heterocycles. The quantitative estimate of drug-likeness (QED) is 0.136. The molecule has 3 aliphatic rings. The topological polar surface area (TPSA) is 77.3 Å². The van der Waals surface area contributed by atoms with Gasteiger partial charge in [-0.25, -0.2) is 29.9 Å². The van der Waals surface area contributed by atoms with Gasteiger partial charge in [0.05, 0.1) is 0 Å². The summed E-state index contributed by atoms with van der Waals surface area (Å²) in [7, 11) is 0. The van der Waals surface area contributed by atoms with Crippen molar-refractivity contribution in [2.24, 2.45) is 0 Å². The van der Waals surface area contributed by atoms with Crippen molar-refractivity contribution in [1.29, 1.82) is 0 Å². The smallest absolute Gasteiger partial charge is 0.164 e. The average Bonchev–Trinajstić information content (AvgIpc) is 0.881. The minimum atomic E-state index is 0.108. The molecule has 0 spiro atoms. The van der Waals surface area contributed by atoms with Gasteiger partial charge in [0.2, 0.25) is 0 Å². The predicted octanol–water partition coefficient (Wildman–Crippen LogP) is 20.1. The number of fused-ring (bicyclic) bond motifs is 2. The zero-order valence-corrected chi connectivity index (χ0v) is 47.8. The summed E-state index contributed by atoms with van der Waals surface area (Å²) in [6, 6.07) is 99.8. The van der Waals surface area contributed by atoms with Gasteiger partial charge in [0, 0.05) is 64.4 Å². The minimum Gasteiger partial charge on any atom is -0.208 e. The van der Waals surface area contributed by atoms with E-state index in [0.29, 0.717) is 34.9 Å². The lowest BCUT2D eigenvalue weighted by Crippen LogP contribution is -2.27. The van der Waals surface area contributed by atoms with E-state index < -0.39 is 0 Å². The van der Waals surface area contributed by atoms with E-state index in [9.17, 15) is 0 Å². The van der Waals surface area contributed by atoms with Crippen LogP contribution in [0.25, 0.3) is 132 Å². The molecule has 4 heterocycles. The molecule has 2 bridgehead atoms. The van der Waals surface area contributed by atoms with E-state index in [1.807, 2.05) is 36.4 Å². The fraction of sp³-hybridized carbons (Fsp3) is 0.0256. The number of thiophene rings is 2. The van der Waals surface area contributed by atoms with Gasteiger partial charge in [-0.05, 0) is 126 Å². The van der Waals surface area contributed by atoms with Crippen LogP contribution in [0, 0.1) is 0 Å². The van der Waals surface area contributed by atoms with Crippen molar-refractivity contribution < 1.29 is 0 Å². The van der Waals surface area contributed by atoms with Crippen LogP contribution < -0.4 is 0 Å². The first-order valence-electron chi connectivity index (χ1n) is 29.0. The van der Waals surface area contributed by atoms with Crippen LogP contribution in [0.5, 0.6) is 0 Å². The summed E-state index contributed by atoms with van der Waals surface area (Å²) in [5, 5.41) is 2.49. The van der Waals surface area contributed by atoms with Crippen LogP contribution in [0.2, 0.25) is 0 Å². The van der Waals surface area contributed by atoms with E-state index in [0.717, 1.165) is 55.6 Å². The lowest BCUT2D eigenvalue weighted by atomic mass is 9.60. The molecule has 0 saturated heterocycles. The minimum absolute atomic E-state index is 0.108. The number of hydrogen-bond acceptors (Lipinski definition) is 8. The number of hydrogen-bond donors (Lipinski definition) is 0. The summed E-state index contributed by atoms with van der Waals surface area (Å²) in [5.41, 5.74) is 20.8. The van der Waals surface area contributed by atoms with Crippen molar-refractivity contribution >= 4 is 42.8 Å². The van der Waals surface area contributed by atoms with Gasteiger partial charge in [-0.2, -0.15) is 0 Å². The number of rotatable bonds is 10. The Balaban J connectivity index is 0.674. The Hall–Kier alpha value is -10.6. The molecule has 6 nitrogen and oxygen atoms in total. The molecule has 402 valence electrons. The van der Waals surface area contributed by atoms with Crippen LogP contribution in [0.15, 0.2) is 279 Å². The van der Waals surface area contributed by atoms with Crippen molar-refractivity contribution in [3.63, 3.8) is 0 Å². The van der Waals surface area contributed by atoms with Crippen molar-refractivity contribution in [3.05, 3.63) is 312 Å². The van der Waals surface area contributed by atoms with Crippen LogP contribution in [-0.2, 0) is 0 Å². The van der Waals surface area contributed by atoms with Crippen LogP contribution in [0.1, 0.15) is 45.2 Å². The van der Waals surface area contributed by atoms with E-state index in [2.05, 4.69) is 243 Å². The van der Waals surface area contributed by atoms with Crippen LogP contribution in [0.4, 0.5) is 0 Å². The van der Waals surface area contributed by atoms with Crippen LogP contribution >= 0.6 is 22.7 Å². The number of aromatic nitrogens is 6. The number of nitrogens with zero attached hydrogens (tertiary/aromatic N) is 6. The maximum Gasteiger partial charge on any atom is 0.164 e. The standard InChI is InChI=1S/C78H48N6S2/c1-3-15-49(16-4-1)73-79-75(83-77(81-73)59-23-13-21-55(41-59)69-45-57-19-7-11-27-67(57)85-69)51-33-29-47(30-34-51)53-37-39-63-65(43-53)71-61-25-9-10-26-62(61)72(63)66-44-54(38-40-64(66)71)48-31-35-52(36-32-48)76-80-74(50-17-5-2-6-18-50)82-78(84-76)60-24-14-22-56(42-60)70-46-58-20-8-12-28-68(58)86-70/h1-46,71-72H. The third-order valence-electron chi connectivity index (χ3n) is 17.0. The SMILES string of the molecule is c1ccc(-c2nc(-c3ccc(-c4ccc5c(c4)C4c6ccccc6C5c5cc(-c6ccc(-c7nc(-c8ccccc8)nc(-c8cccc(-c9cc%10ccccc%10s9)c8)n7)cc6)ccc54)cc3)nc(-c3cccc(-c4cc5ccccc5s4)c3)n2)cc1. The van der Waals surface area contributed by atoms with E-state index in [-0.39, 0.29) is 11.8 Å². The molecule has 0 saturated carbocycles. The van der Waals surface area contributed by atoms with Gasteiger partial charge in [0.25, 0.3) is 0 Å². The summed E-state index contributed by atoms with van der Waals surface area (Å²) < 4.78 is 2.54. The van der Waals surface area contributed by atoms with Crippen molar-refractivity contribution in [3.8, 4) is 111 Å². The third kappa shape index (κ3) is 8.85. The molecule has 3 aliphatic carbocycles. The average molecular weight is 1130 g/mol. The lowest BCUT2D eigenvalue weighted by molar-refractivity contribution is 0.755. The first kappa shape index (κ1) is 49.9. The Kier molecular flexibility index (Phi) is 12.0. The first-order valence-corrected chi connectivity index (χ1v) is 30.6. The molecular formula is C78H48N6S2. The maximum atomic E-state index is 5.16. The molecule has 18 rings (SSSR count). The number of benzene rings is 11. The van der Waals surface area contributed by atoms with E-state index in [4.69, 9.17) is 29.9 Å². The fourth-order valence-corrected chi connectivity index (χ4v) is 14.9. The van der Waals surface area contributed by atoms with Gasteiger partial charge in [0.1, 0.15) is 0 Å². The largest absolute Gasteiger partial charge is 0.208 e. The monoisotopic (exact) mass is 1130 g/mol. The first-order chi connectivity index (χ1) is 42.5. The lowest BCUT2D eigenvalue weighted by Gasteiger charge is -2.42. The molecule has 11 aromatic carbocycles. The van der Waals surface area contributed by atoms with E-state index in [1.165, 1.54) is 74.4 Å². The maximum absolute atomic E-state index is 5.16. The van der Waals surface area contributed by atoms with Gasteiger partial charge >= 0.3 is 0 Å². The van der Waals surface area contributed by atoms with Crippen LogP contribution in [-0.4, -0.2) is 29.9 Å². The van der Waals surface area contributed by atoms with Crippen molar-refractivity contribution in [2.45, 2.75) is 11.8 Å². The highest BCUT2D eigenvalue weighted by Gasteiger charge is 2.41. The molecule has 0 amide bonds. The highest BCUT2D eigenvalue weighted by Crippen LogP contribution is 2.57. The molecule has 0 fully saturated rings.